The van der Waals surface area contributed by atoms with Gasteiger partial charge in [-0.1, -0.05) is 35.2 Å². The highest BCUT2D eigenvalue weighted by Crippen LogP contribution is 2.31. The third kappa shape index (κ3) is 4.11. The Balaban J connectivity index is 1.93. The van der Waals surface area contributed by atoms with Crippen LogP contribution in [0.15, 0.2) is 28.6 Å². The van der Waals surface area contributed by atoms with Crippen LogP contribution >= 0.6 is 23.1 Å². The first-order valence-electron chi connectivity index (χ1n) is 5.85. The second kappa shape index (κ2) is 6.45. The molecule has 2 rings (SSSR count). The summed E-state index contributed by atoms with van der Waals surface area (Å²) in [6.07, 6.45) is -4.29. The molecule has 0 spiro atoms. The fraction of sp³-hybridized carbons (Fsp3) is 0.333. The molecule has 0 aliphatic carbocycles. The van der Waals surface area contributed by atoms with Crippen molar-refractivity contribution in [2.45, 2.75) is 23.2 Å². The van der Waals surface area contributed by atoms with E-state index >= 15 is 0 Å². The van der Waals surface area contributed by atoms with Gasteiger partial charge in [-0.25, -0.2) is 0 Å². The van der Waals surface area contributed by atoms with Gasteiger partial charge < -0.3 is 5.32 Å². The molecule has 0 unspecified atom stereocenters. The summed E-state index contributed by atoms with van der Waals surface area (Å²) in [4.78, 5) is 0. The number of hydrogen-bond acceptors (Lipinski definition) is 5. The van der Waals surface area contributed by atoms with Crippen molar-refractivity contribution >= 4 is 28.2 Å². The molecule has 0 radical (unpaired) electrons. The zero-order chi connectivity index (χ0) is 14.6. The standard InChI is InChI=1S/C12H12F3N3S2/c1-2-16-10-17-18-11(20-10)19-7-8-3-5-9(6-4-8)12(13,14)15/h3-6H,2,7H2,1H3,(H,16,17). The van der Waals surface area contributed by atoms with Crippen molar-refractivity contribution in [3.05, 3.63) is 35.4 Å². The van der Waals surface area contributed by atoms with E-state index < -0.39 is 11.7 Å². The van der Waals surface area contributed by atoms with E-state index in [9.17, 15) is 13.2 Å². The van der Waals surface area contributed by atoms with Crippen molar-refractivity contribution < 1.29 is 13.2 Å². The van der Waals surface area contributed by atoms with Crippen molar-refractivity contribution in [3.8, 4) is 0 Å². The number of nitrogens with zero attached hydrogens (tertiary/aromatic N) is 2. The lowest BCUT2D eigenvalue weighted by molar-refractivity contribution is -0.137. The minimum Gasteiger partial charge on any atom is -0.360 e. The average molecular weight is 319 g/mol. The van der Waals surface area contributed by atoms with Crippen molar-refractivity contribution in [1.82, 2.24) is 10.2 Å². The van der Waals surface area contributed by atoms with E-state index in [0.717, 1.165) is 33.7 Å². The average Bonchev–Trinajstić information content (AvgIpc) is 2.84. The van der Waals surface area contributed by atoms with E-state index in [-0.39, 0.29) is 0 Å². The molecule has 1 heterocycles. The summed E-state index contributed by atoms with van der Waals surface area (Å²) in [6.45, 7) is 2.74. The molecular formula is C12H12F3N3S2. The quantitative estimate of drug-likeness (QED) is 0.835. The summed E-state index contributed by atoms with van der Waals surface area (Å²) in [5.41, 5.74) is 0.194. The van der Waals surface area contributed by atoms with Crippen molar-refractivity contribution in [3.63, 3.8) is 0 Å². The molecule has 0 saturated carbocycles. The van der Waals surface area contributed by atoms with Crippen LogP contribution in [0.25, 0.3) is 0 Å². The van der Waals surface area contributed by atoms with Crippen LogP contribution in [0.2, 0.25) is 0 Å². The highest BCUT2D eigenvalue weighted by Gasteiger charge is 2.29. The molecule has 1 N–H and O–H groups in total. The maximum Gasteiger partial charge on any atom is 0.416 e. The van der Waals surface area contributed by atoms with Crippen LogP contribution in [-0.4, -0.2) is 16.7 Å². The second-order valence-corrected chi connectivity index (χ2v) is 6.09. The number of benzene rings is 1. The first kappa shape index (κ1) is 15.1. The lowest BCUT2D eigenvalue weighted by Crippen LogP contribution is -2.04. The maximum atomic E-state index is 12.4. The molecule has 0 fully saturated rings. The lowest BCUT2D eigenvalue weighted by atomic mass is 10.1. The Labute approximate surface area is 122 Å². The van der Waals surface area contributed by atoms with Gasteiger partial charge in [-0.2, -0.15) is 13.2 Å². The van der Waals surface area contributed by atoms with E-state index in [4.69, 9.17) is 0 Å². The van der Waals surface area contributed by atoms with Gasteiger partial charge in [0.1, 0.15) is 0 Å². The third-order valence-electron chi connectivity index (χ3n) is 2.38. The van der Waals surface area contributed by atoms with Gasteiger partial charge >= 0.3 is 6.18 Å². The third-order valence-corrected chi connectivity index (χ3v) is 4.46. The summed E-state index contributed by atoms with van der Waals surface area (Å²) in [7, 11) is 0. The Kier molecular flexibility index (Phi) is 4.87. The van der Waals surface area contributed by atoms with Crippen LogP contribution in [0.4, 0.5) is 18.3 Å². The Hall–Kier alpha value is -1.28. The number of alkyl halides is 3. The minimum atomic E-state index is -4.29. The van der Waals surface area contributed by atoms with E-state index in [1.54, 1.807) is 0 Å². The highest BCUT2D eigenvalue weighted by molar-refractivity contribution is 8.00. The number of anilines is 1. The van der Waals surface area contributed by atoms with Gasteiger partial charge in [-0.15, -0.1) is 10.2 Å². The summed E-state index contributed by atoms with van der Waals surface area (Å²) in [6, 6.07) is 5.17. The molecular weight excluding hydrogens is 307 g/mol. The molecule has 3 nitrogen and oxygen atoms in total. The number of halogens is 3. The Morgan fingerprint density at radius 2 is 1.90 bits per heavy atom. The zero-order valence-electron chi connectivity index (χ0n) is 10.6. The fourth-order valence-electron chi connectivity index (χ4n) is 1.43. The highest BCUT2D eigenvalue weighted by atomic mass is 32.2. The zero-order valence-corrected chi connectivity index (χ0v) is 12.2. The van der Waals surface area contributed by atoms with Crippen LogP contribution in [0, 0.1) is 0 Å². The smallest absolute Gasteiger partial charge is 0.360 e. The first-order valence-corrected chi connectivity index (χ1v) is 7.65. The Bertz CT molecular complexity index is 552. The van der Waals surface area contributed by atoms with Crippen LogP contribution < -0.4 is 5.32 Å². The summed E-state index contributed by atoms with van der Waals surface area (Å²) < 4.78 is 38.0. The molecule has 108 valence electrons. The maximum absolute atomic E-state index is 12.4. The van der Waals surface area contributed by atoms with Crippen LogP contribution in [0.1, 0.15) is 18.1 Å². The van der Waals surface area contributed by atoms with E-state index in [1.165, 1.54) is 35.2 Å². The van der Waals surface area contributed by atoms with Gasteiger partial charge in [-0.05, 0) is 24.6 Å². The summed E-state index contributed by atoms with van der Waals surface area (Å²) in [5.74, 6) is 0.568. The molecule has 0 aliphatic rings. The SMILES string of the molecule is CCNc1nnc(SCc2ccc(C(F)(F)F)cc2)s1. The van der Waals surface area contributed by atoms with Crippen LogP contribution in [0.3, 0.4) is 0 Å². The fourth-order valence-corrected chi connectivity index (χ4v) is 3.20. The number of aromatic nitrogens is 2. The van der Waals surface area contributed by atoms with E-state index in [2.05, 4.69) is 15.5 Å². The van der Waals surface area contributed by atoms with Gasteiger partial charge in [0.25, 0.3) is 0 Å². The molecule has 0 amide bonds. The predicted molar refractivity (Wildman–Crippen MR) is 75.1 cm³/mol. The number of hydrogen-bond donors (Lipinski definition) is 1. The van der Waals surface area contributed by atoms with Gasteiger partial charge in [0.2, 0.25) is 5.13 Å². The summed E-state index contributed by atoms with van der Waals surface area (Å²) in [5, 5.41) is 11.8. The van der Waals surface area contributed by atoms with Crippen LogP contribution in [-0.2, 0) is 11.9 Å². The van der Waals surface area contributed by atoms with E-state index in [0.29, 0.717) is 5.75 Å². The second-order valence-electron chi connectivity index (χ2n) is 3.89. The van der Waals surface area contributed by atoms with Crippen LogP contribution in [0.5, 0.6) is 0 Å². The molecule has 0 saturated heterocycles. The molecule has 2 aromatic rings. The van der Waals surface area contributed by atoms with Gasteiger partial charge in [0.15, 0.2) is 4.34 Å². The first-order chi connectivity index (χ1) is 9.49. The molecule has 1 aromatic carbocycles. The lowest BCUT2D eigenvalue weighted by Gasteiger charge is -2.06. The Morgan fingerprint density at radius 3 is 2.50 bits per heavy atom. The monoisotopic (exact) mass is 319 g/mol. The number of thioether (sulfide) groups is 1. The molecule has 0 bridgehead atoms. The van der Waals surface area contributed by atoms with Crippen molar-refractivity contribution in [2.75, 3.05) is 11.9 Å². The predicted octanol–water partition coefficient (Wildman–Crippen LogP) is 4.28. The van der Waals surface area contributed by atoms with Gasteiger partial charge in [0, 0.05) is 12.3 Å². The molecule has 20 heavy (non-hydrogen) atoms. The molecule has 8 heteroatoms. The topological polar surface area (TPSA) is 37.8 Å². The summed E-state index contributed by atoms with van der Waals surface area (Å²) >= 11 is 2.89. The number of rotatable bonds is 5. The molecule has 0 atom stereocenters. The molecule has 1 aromatic heterocycles. The van der Waals surface area contributed by atoms with Crippen molar-refractivity contribution in [2.24, 2.45) is 0 Å². The largest absolute Gasteiger partial charge is 0.416 e. The minimum absolute atomic E-state index is 0.568. The normalized spacial score (nSPS) is 11.6. The van der Waals surface area contributed by atoms with Gasteiger partial charge in [0.05, 0.1) is 5.56 Å². The van der Waals surface area contributed by atoms with E-state index in [1.807, 2.05) is 6.92 Å². The molecule has 0 aliphatic heterocycles. The number of nitrogens with one attached hydrogen (secondary N) is 1. The Morgan fingerprint density at radius 1 is 1.20 bits per heavy atom. The van der Waals surface area contributed by atoms with Gasteiger partial charge in [-0.3, -0.25) is 0 Å². The van der Waals surface area contributed by atoms with Crippen molar-refractivity contribution in [1.29, 1.82) is 0 Å².